The average Bonchev–Trinajstić information content (AvgIpc) is 3.49. The number of hydrogen-bond acceptors (Lipinski definition) is 5. The molecule has 0 saturated heterocycles. The molecule has 3 aromatic heterocycles. The van der Waals surface area contributed by atoms with E-state index in [0.717, 1.165) is 22.6 Å². The number of nitrogens with zero attached hydrogens (tertiary/aromatic N) is 3. The second kappa shape index (κ2) is 9.09. The van der Waals surface area contributed by atoms with Crippen LogP contribution < -0.4 is 16.1 Å². The summed E-state index contributed by atoms with van der Waals surface area (Å²) in [6.45, 7) is 0.504. The zero-order valence-corrected chi connectivity index (χ0v) is 18.9. The fraction of sp³-hybridized carbons (Fsp3) is 0.0417. The maximum absolute atomic E-state index is 12.4. The average molecular weight is 470 g/mol. The molecule has 0 saturated carbocycles. The van der Waals surface area contributed by atoms with Gasteiger partial charge in [-0.1, -0.05) is 48.0 Å². The lowest BCUT2D eigenvalue weighted by Crippen LogP contribution is -2.11. The first-order chi connectivity index (χ1) is 16.1. The van der Waals surface area contributed by atoms with Crippen molar-refractivity contribution in [3.8, 4) is 11.3 Å². The molecule has 3 heterocycles. The van der Waals surface area contributed by atoms with E-state index in [0.29, 0.717) is 33.2 Å². The Bertz CT molecular complexity index is 1450. The number of anilines is 2. The molecule has 0 aliphatic carbocycles. The van der Waals surface area contributed by atoms with Crippen LogP contribution in [0.25, 0.3) is 16.9 Å². The Kier molecular flexibility index (Phi) is 5.85. The van der Waals surface area contributed by atoms with Gasteiger partial charge in [-0.15, -0.1) is 11.3 Å². The fourth-order valence-electron chi connectivity index (χ4n) is 3.46. The van der Waals surface area contributed by atoms with Crippen LogP contribution in [0.2, 0.25) is 5.02 Å². The lowest BCUT2D eigenvalue weighted by molar-refractivity contribution is 0.103. The Morgan fingerprint density at radius 1 is 1.09 bits per heavy atom. The molecule has 5 rings (SSSR count). The van der Waals surface area contributed by atoms with Crippen molar-refractivity contribution in [2.24, 2.45) is 0 Å². The summed E-state index contributed by atoms with van der Waals surface area (Å²) in [7, 11) is 6.10. The summed E-state index contributed by atoms with van der Waals surface area (Å²) in [5.74, 6) is 0.599. The van der Waals surface area contributed by atoms with Gasteiger partial charge in [0, 0.05) is 35.1 Å². The van der Waals surface area contributed by atoms with E-state index in [1.165, 1.54) is 11.3 Å². The third kappa shape index (κ3) is 4.48. The van der Waals surface area contributed by atoms with Gasteiger partial charge in [0.15, 0.2) is 5.65 Å². The van der Waals surface area contributed by atoms with Crippen LogP contribution in [0.1, 0.15) is 15.2 Å². The molecule has 6 nitrogen and oxygen atoms in total. The Morgan fingerprint density at radius 3 is 2.79 bits per heavy atom. The standard InChI is InChI=1S/C24H17BClN5OS/c25-18-14-28-31-22(12-20(30-23(18)31)17-7-1-2-8-19(17)26)27-13-15-5-3-6-16(11-15)29-24(32)21-9-4-10-33-21/h1-12,14,27H,13H2,(H,29,32). The van der Waals surface area contributed by atoms with Gasteiger partial charge in [-0.3, -0.25) is 4.79 Å². The number of benzene rings is 2. The van der Waals surface area contributed by atoms with Crippen LogP contribution in [0, 0.1) is 0 Å². The summed E-state index contributed by atoms with van der Waals surface area (Å²) in [6, 6.07) is 20.8. The number of halogens is 1. The fourth-order valence-corrected chi connectivity index (χ4v) is 4.32. The van der Waals surface area contributed by atoms with Crippen LogP contribution in [-0.2, 0) is 6.54 Å². The van der Waals surface area contributed by atoms with E-state index in [9.17, 15) is 4.79 Å². The molecular formula is C24H17BClN5OS. The van der Waals surface area contributed by atoms with Crippen molar-refractivity contribution < 1.29 is 4.79 Å². The minimum atomic E-state index is -0.123. The van der Waals surface area contributed by atoms with Crippen LogP contribution in [0.15, 0.2) is 78.3 Å². The van der Waals surface area contributed by atoms with Gasteiger partial charge in [0.2, 0.25) is 0 Å². The molecule has 2 aromatic carbocycles. The van der Waals surface area contributed by atoms with Crippen molar-refractivity contribution >= 4 is 59.3 Å². The highest BCUT2D eigenvalue weighted by Gasteiger charge is 2.13. The number of amides is 1. The lowest BCUT2D eigenvalue weighted by atomic mass is 10.0. The zero-order valence-electron chi connectivity index (χ0n) is 17.3. The molecule has 33 heavy (non-hydrogen) atoms. The summed E-state index contributed by atoms with van der Waals surface area (Å²) in [4.78, 5) is 17.7. The van der Waals surface area contributed by atoms with Crippen LogP contribution >= 0.6 is 22.9 Å². The van der Waals surface area contributed by atoms with Crippen molar-refractivity contribution in [1.29, 1.82) is 0 Å². The topological polar surface area (TPSA) is 71.3 Å². The van der Waals surface area contributed by atoms with E-state index in [1.807, 2.05) is 66.0 Å². The first-order valence-corrected chi connectivity index (χ1v) is 11.4. The molecule has 0 atom stereocenters. The molecule has 5 aromatic rings. The first-order valence-electron chi connectivity index (χ1n) is 10.2. The van der Waals surface area contributed by atoms with Gasteiger partial charge >= 0.3 is 0 Å². The number of thiophene rings is 1. The van der Waals surface area contributed by atoms with E-state index < -0.39 is 0 Å². The first kappa shape index (κ1) is 21.2. The molecule has 0 bridgehead atoms. The van der Waals surface area contributed by atoms with Crippen molar-refractivity contribution in [3.05, 3.63) is 93.8 Å². The smallest absolute Gasteiger partial charge is 0.265 e. The highest BCUT2D eigenvalue weighted by atomic mass is 35.5. The molecule has 2 radical (unpaired) electrons. The van der Waals surface area contributed by atoms with E-state index >= 15 is 0 Å². The molecule has 0 aliphatic rings. The molecular weight excluding hydrogens is 453 g/mol. The minimum Gasteiger partial charge on any atom is -0.366 e. The van der Waals surface area contributed by atoms with Gasteiger partial charge in [0.05, 0.1) is 10.6 Å². The highest BCUT2D eigenvalue weighted by molar-refractivity contribution is 7.12. The Morgan fingerprint density at radius 2 is 1.97 bits per heavy atom. The monoisotopic (exact) mass is 469 g/mol. The SMILES string of the molecule is [B]c1cnn2c(NCc3cccc(NC(=O)c4cccs4)c3)cc(-c3ccccc3Cl)nc12. The van der Waals surface area contributed by atoms with Crippen molar-refractivity contribution in [2.45, 2.75) is 6.54 Å². The molecule has 1 amide bonds. The van der Waals surface area contributed by atoms with E-state index in [1.54, 1.807) is 16.8 Å². The lowest BCUT2D eigenvalue weighted by Gasteiger charge is -2.13. The second-order valence-corrected chi connectivity index (χ2v) is 8.68. The predicted octanol–water partition coefficient (Wildman–Crippen LogP) is 4.77. The molecule has 0 unspecified atom stereocenters. The summed E-state index contributed by atoms with van der Waals surface area (Å²) < 4.78 is 1.66. The normalized spacial score (nSPS) is 10.9. The summed E-state index contributed by atoms with van der Waals surface area (Å²) in [6.07, 6.45) is 1.57. The molecule has 9 heteroatoms. The number of carbonyl (C=O) groups is 1. The number of aromatic nitrogens is 3. The van der Waals surface area contributed by atoms with Crippen molar-refractivity contribution in [1.82, 2.24) is 14.6 Å². The summed E-state index contributed by atoms with van der Waals surface area (Å²) >= 11 is 7.80. The van der Waals surface area contributed by atoms with E-state index in [2.05, 4.69) is 20.7 Å². The maximum Gasteiger partial charge on any atom is 0.265 e. The quantitative estimate of drug-likeness (QED) is 0.351. The van der Waals surface area contributed by atoms with Crippen LogP contribution in [0.3, 0.4) is 0 Å². The van der Waals surface area contributed by atoms with E-state index in [-0.39, 0.29) is 5.91 Å². The van der Waals surface area contributed by atoms with Gasteiger partial charge in [-0.05, 0) is 40.7 Å². The van der Waals surface area contributed by atoms with Crippen LogP contribution in [0.4, 0.5) is 11.5 Å². The van der Waals surface area contributed by atoms with Gasteiger partial charge in [-0.2, -0.15) is 9.61 Å². The predicted molar refractivity (Wildman–Crippen MR) is 135 cm³/mol. The Hall–Kier alpha value is -3.62. The number of carbonyl (C=O) groups excluding carboxylic acids is 1. The Labute approximate surface area is 200 Å². The third-order valence-corrected chi connectivity index (χ3v) is 6.25. The summed E-state index contributed by atoms with van der Waals surface area (Å²) in [5, 5.41) is 13.2. The van der Waals surface area contributed by atoms with Gasteiger partial charge < -0.3 is 10.6 Å². The third-order valence-electron chi connectivity index (χ3n) is 5.05. The second-order valence-electron chi connectivity index (χ2n) is 7.33. The van der Waals surface area contributed by atoms with E-state index in [4.69, 9.17) is 19.4 Å². The van der Waals surface area contributed by atoms with Gasteiger partial charge in [0.1, 0.15) is 13.7 Å². The molecule has 160 valence electrons. The Balaban J connectivity index is 1.41. The number of nitrogens with one attached hydrogen (secondary N) is 2. The number of rotatable bonds is 6. The molecule has 0 fully saturated rings. The zero-order chi connectivity index (χ0) is 22.8. The van der Waals surface area contributed by atoms with Crippen molar-refractivity contribution in [3.63, 3.8) is 0 Å². The molecule has 0 spiro atoms. The van der Waals surface area contributed by atoms with Crippen LogP contribution in [0.5, 0.6) is 0 Å². The molecule has 0 aliphatic heterocycles. The van der Waals surface area contributed by atoms with Crippen molar-refractivity contribution in [2.75, 3.05) is 10.6 Å². The van der Waals surface area contributed by atoms with Gasteiger partial charge in [0.25, 0.3) is 5.91 Å². The minimum absolute atomic E-state index is 0.123. The van der Waals surface area contributed by atoms with Crippen LogP contribution in [-0.4, -0.2) is 28.4 Å². The number of hydrogen-bond donors (Lipinski definition) is 2. The maximum atomic E-state index is 12.4. The molecule has 2 N–H and O–H groups in total. The van der Waals surface area contributed by atoms with Gasteiger partial charge in [-0.25, -0.2) is 4.98 Å². The largest absolute Gasteiger partial charge is 0.366 e. The number of fused-ring (bicyclic) bond motifs is 1. The summed E-state index contributed by atoms with van der Waals surface area (Å²) in [5.41, 5.74) is 4.25. The highest BCUT2D eigenvalue weighted by Crippen LogP contribution is 2.28.